The number of aliphatic carboxylic acids is 2. The monoisotopic (exact) mass is 1920 g/mol. The van der Waals surface area contributed by atoms with Crippen LogP contribution in [0.2, 0.25) is 0 Å². The van der Waals surface area contributed by atoms with Crippen molar-refractivity contribution in [2.75, 3.05) is 228 Å². The molecule has 8 aromatic carbocycles. The second-order valence-corrected chi connectivity index (χ2v) is 35.4. The Balaban J connectivity index is 0.000000184. The highest BCUT2D eigenvalue weighted by atomic mass is 79.9. The minimum absolute atomic E-state index is 0. The fourth-order valence-electron chi connectivity index (χ4n) is 17.4. The number of non-ortho nitro benzene ring substituents is 1. The summed E-state index contributed by atoms with van der Waals surface area (Å²) in [5.41, 5.74) is 16.5. The van der Waals surface area contributed by atoms with Gasteiger partial charge in [0.1, 0.15) is 28.7 Å². The normalized spacial score (nSPS) is 18.1. The van der Waals surface area contributed by atoms with E-state index in [1.54, 1.807) is 19.1 Å². The summed E-state index contributed by atoms with van der Waals surface area (Å²) < 4.78 is 14.5. The number of nitrogens with one attached hydrogen (secondary N) is 5. The maximum atomic E-state index is 12.9. The number of ketones is 1. The van der Waals surface area contributed by atoms with E-state index in [0.717, 1.165) is 176 Å². The Morgan fingerprint density at radius 3 is 0.993 bits per heavy atom. The Kier molecular flexibility index (Phi) is 44.8. The van der Waals surface area contributed by atoms with Crippen molar-refractivity contribution >= 4 is 109 Å². The number of likely N-dealkylation sites (N-methyl/N-ethyl adjacent to an activating group) is 2. The molecule has 0 aromatic heterocycles. The summed E-state index contributed by atoms with van der Waals surface area (Å²) in [5, 5.41) is 45.2. The third-order valence-electron chi connectivity index (χ3n) is 25.5. The first-order chi connectivity index (χ1) is 64.9. The van der Waals surface area contributed by atoms with Crippen LogP contribution in [0.3, 0.4) is 0 Å². The number of nitro benzene ring substituents is 1. The van der Waals surface area contributed by atoms with Gasteiger partial charge in [0.15, 0.2) is 0 Å². The van der Waals surface area contributed by atoms with Crippen molar-refractivity contribution in [2.45, 2.75) is 88.7 Å². The standard InChI is InChI=1S/C26H34N4O3.C24H30N4O3.C15H19NO4.C11H17N3.C10H13N3O2.C9H9BrO2.C7H13NO.CH4/c1-28-16-18-29(19-17-28)23-10-8-22(9-11-23)27-25(31)21-12-14-30(15-13-21)24(26(32)33-2)20-6-4-3-5-7-20;29-23(26-20-6-8-21(9-7-20)27-16-12-25-13-17-27)19-10-14-28(15-11-19)22(24(30)31)18-4-2-1-3-5-18;1-20-15(19)13(11-5-3-2-4-6-11)16-9-7-12(8-10-16)14(17)18;1-13-6-8-14(9-7-13)11-4-2-10(12)3-5-11;14-13(15)10-3-1-9(2-4-10)12-7-5-11-6-8-12;1-12-9(11)8(10)7-5-3-2-4-6-7;1-6(9)7-2-4-8-5-3-7;/h3-11,21,24H,12-19H2,1-2H3,(H,27,31);1-9,19,22,25H,10-17H2,(H,26,29)(H,30,31);2-6,12-13H,7-10H2,1H3,(H,17,18);2-5H,6-9,12H2,1H3;1-4,11H,5-8H2;2-6,8H,1H3;7-8H,2-5H2,1H3;1H4. The average Bonchev–Trinajstić information content (AvgIpc) is 0.807. The number of likely N-dealkylation sites (tertiary alicyclic amines) is 3. The minimum Gasteiger partial charge on any atom is -0.481 e. The molecule has 8 saturated heterocycles. The van der Waals surface area contributed by atoms with Gasteiger partial charge in [-0.3, -0.25) is 53.6 Å². The largest absolute Gasteiger partial charge is 0.481 e. The molecular weight excluding hydrogens is 1780 g/mol. The molecule has 0 saturated carbocycles. The summed E-state index contributed by atoms with van der Waals surface area (Å²) >= 11 is 3.24. The van der Waals surface area contributed by atoms with Gasteiger partial charge in [-0.1, -0.05) is 145 Å². The Labute approximate surface area is 804 Å². The van der Waals surface area contributed by atoms with Crippen molar-refractivity contribution in [2.24, 2.45) is 23.7 Å². The summed E-state index contributed by atoms with van der Waals surface area (Å²) in [5.74, 6) is -2.13. The number of carbonyl (C=O) groups is 8. The van der Waals surface area contributed by atoms with Crippen molar-refractivity contribution < 1.29 is 67.7 Å². The number of rotatable bonds is 22. The van der Waals surface area contributed by atoms with Gasteiger partial charge < -0.3 is 86.1 Å². The van der Waals surface area contributed by atoms with Gasteiger partial charge >= 0.3 is 29.8 Å². The van der Waals surface area contributed by atoms with Crippen LogP contribution in [0.15, 0.2) is 218 Å². The lowest BCUT2D eigenvalue weighted by Crippen LogP contribution is -2.44. The SMILES string of the molecule is C.CC(=O)C1CCNCC1.CN1CCN(c2ccc(N)cc2)CC1.COC(=O)C(Br)c1ccccc1.COC(=O)C(c1ccccc1)N1CCC(C(=O)Nc2ccc(N3CCN(C)CC3)cc2)CC1.COC(=O)C(c1ccccc1)N1CCC(C(=O)O)CC1.O=C(Nc1ccc(N2CCNCC2)cc1)C1CCN(C(C(=O)O)c2ccccc2)CC1.O=[N+]([O-])c1ccc(N2CCNCC2)cc1. The maximum Gasteiger partial charge on any atom is 0.327 e. The van der Waals surface area contributed by atoms with E-state index < -0.39 is 30.1 Å². The number of hydrogen-bond acceptors (Lipinski definition) is 26. The van der Waals surface area contributed by atoms with E-state index in [1.807, 2.05) is 180 Å². The number of nitrogens with two attached hydrogens (primary N) is 1. The van der Waals surface area contributed by atoms with Gasteiger partial charge in [-0.25, -0.2) is 9.59 Å². The number of carbonyl (C=O) groups excluding carboxylic acids is 6. The van der Waals surface area contributed by atoms with Crippen molar-refractivity contribution in [3.63, 3.8) is 0 Å². The summed E-state index contributed by atoms with van der Waals surface area (Å²) in [6, 6.07) is 67.4. The molecule has 0 radical (unpaired) electrons. The van der Waals surface area contributed by atoms with Crippen LogP contribution in [0.4, 0.5) is 45.5 Å². The van der Waals surface area contributed by atoms with Crippen LogP contribution in [0, 0.1) is 33.8 Å². The molecule has 32 heteroatoms. The predicted octanol–water partition coefficient (Wildman–Crippen LogP) is 12.8. The van der Waals surface area contributed by atoms with Gasteiger partial charge in [-0.15, -0.1) is 0 Å². The predicted molar refractivity (Wildman–Crippen MR) is 537 cm³/mol. The molecule has 9 N–H and O–H groups in total. The second-order valence-electron chi connectivity index (χ2n) is 34.5. The van der Waals surface area contributed by atoms with Crippen LogP contribution < -0.4 is 51.9 Å². The van der Waals surface area contributed by atoms with Gasteiger partial charge in [-0.2, -0.15) is 0 Å². The number of halogens is 1. The maximum absolute atomic E-state index is 12.9. The number of nitro groups is 1. The number of ether oxygens (including phenoxy) is 3. The van der Waals surface area contributed by atoms with E-state index in [1.165, 1.54) is 38.4 Å². The molecular formula is C103H139BrN16O15. The summed E-state index contributed by atoms with van der Waals surface area (Å²) in [6.45, 7) is 23.9. The molecule has 0 aliphatic carbocycles. The molecule has 8 fully saturated rings. The van der Waals surface area contributed by atoms with Crippen molar-refractivity contribution in [1.29, 1.82) is 0 Å². The lowest BCUT2D eigenvalue weighted by molar-refractivity contribution is -0.384. The van der Waals surface area contributed by atoms with E-state index >= 15 is 0 Å². The van der Waals surface area contributed by atoms with Crippen LogP contribution in [0.25, 0.3) is 0 Å². The topological polar surface area (TPSA) is 363 Å². The zero-order chi connectivity index (χ0) is 95.7. The molecule has 0 spiro atoms. The van der Waals surface area contributed by atoms with Gasteiger partial charge in [0.2, 0.25) is 11.8 Å². The van der Waals surface area contributed by atoms with E-state index in [9.17, 15) is 53.6 Å². The number of alkyl halides is 1. The number of amides is 2. The molecule has 8 heterocycles. The van der Waals surface area contributed by atoms with Crippen molar-refractivity contribution in [3.05, 3.63) is 251 Å². The van der Waals surface area contributed by atoms with Crippen LogP contribution in [-0.2, 0) is 52.6 Å². The van der Waals surface area contributed by atoms with Crippen LogP contribution in [-0.4, -0.2) is 280 Å². The number of carboxylic acid groups (broad SMARTS) is 2. The number of nitrogens with zero attached hydrogens (tertiary/aromatic N) is 10. The second kappa shape index (κ2) is 56.6. The number of piperidine rings is 4. The third-order valence-corrected chi connectivity index (χ3v) is 26.4. The molecule has 135 heavy (non-hydrogen) atoms. The highest BCUT2D eigenvalue weighted by molar-refractivity contribution is 9.09. The number of piperazine rings is 4. The number of esters is 3. The Hall–Kier alpha value is -11.7. The number of carboxylic acids is 2. The average molecular weight is 1920 g/mol. The van der Waals surface area contributed by atoms with Crippen molar-refractivity contribution in [3.8, 4) is 0 Å². The number of Topliss-reactive ketones (excluding diaryl/α,β-unsaturated/α-hetero) is 1. The first-order valence-corrected chi connectivity index (χ1v) is 47.5. The van der Waals surface area contributed by atoms with E-state index in [0.29, 0.717) is 89.5 Å². The highest BCUT2D eigenvalue weighted by Crippen LogP contribution is 2.34. The van der Waals surface area contributed by atoms with Crippen molar-refractivity contribution in [1.82, 2.24) is 40.4 Å². The van der Waals surface area contributed by atoms with Crippen LogP contribution in [0.5, 0.6) is 0 Å². The Morgan fingerprint density at radius 2 is 0.681 bits per heavy atom. The molecule has 8 aliphatic heterocycles. The smallest absolute Gasteiger partial charge is 0.327 e. The lowest BCUT2D eigenvalue weighted by atomic mass is 9.93. The van der Waals surface area contributed by atoms with Gasteiger partial charge in [0.05, 0.1) is 32.2 Å². The van der Waals surface area contributed by atoms with Crippen LogP contribution >= 0.6 is 15.9 Å². The van der Waals surface area contributed by atoms with Gasteiger partial charge in [0, 0.05) is 214 Å². The molecule has 4 atom stereocenters. The molecule has 31 nitrogen and oxygen atoms in total. The highest BCUT2D eigenvalue weighted by Gasteiger charge is 2.38. The quantitative estimate of drug-likeness (QED) is 0.00780. The Bertz CT molecular complexity index is 4880. The van der Waals surface area contributed by atoms with E-state index in [-0.39, 0.29) is 70.3 Å². The number of anilines is 7. The molecule has 2 amide bonds. The fourth-order valence-corrected chi connectivity index (χ4v) is 17.9. The molecule has 4 unspecified atom stereocenters. The summed E-state index contributed by atoms with van der Waals surface area (Å²) in [7, 11) is 8.49. The summed E-state index contributed by atoms with van der Waals surface area (Å²) in [6.07, 6.45) is 5.94. The number of methoxy groups -OCH3 is 3. The molecule has 8 aromatic rings. The lowest BCUT2D eigenvalue weighted by Gasteiger charge is -2.36. The first kappa shape index (κ1) is 107. The molecule has 0 bridgehead atoms. The zero-order valence-corrected chi connectivity index (χ0v) is 79.7. The Morgan fingerprint density at radius 1 is 0.385 bits per heavy atom. The minimum atomic E-state index is -0.848. The number of benzene rings is 8. The molecule has 8 aliphatic rings. The molecule has 16 rings (SSSR count). The van der Waals surface area contributed by atoms with Crippen LogP contribution in [0.1, 0.15) is 111 Å². The van der Waals surface area contributed by atoms with Gasteiger partial charge in [0.25, 0.3) is 5.69 Å². The van der Waals surface area contributed by atoms with E-state index in [4.69, 9.17) is 20.3 Å². The third kappa shape index (κ3) is 33.9. The summed E-state index contributed by atoms with van der Waals surface area (Å²) in [4.78, 5) is 125. The number of nitrogen functional groups attached to an aromatic ring is 1. The van der Waals surface area contributed by atoms with Gasteiger partial charge in [-0.05, 0) is 193 Å². The fraction of sp³-hybridized carbons (Fsp3) is 0.456. The molecule has 728 valence electrons. The first-order valence-electron chi connectivity index (χ1n) is 46.5. The zero-order valence-electron chi connectivity index (χ0n) is 78.2. The number of hydrogen-bond donors (Lipinski definition) is 8. The van der Waals surface area contributed by atoms with E-state index in [2.05, 4.69) is 132 Å².